The van der Waals surface area contributed by atoms with E-state index in [-0.39, 0.29) is 6.03 Å². The molecule has 4 nitrogen and oxygen atoms in total. The molecule has 0 aliphatic carbocycles. The summed E-state index contributed by atoms with van der Waals surface area (Å²) in [5, 5.41) is 2.57. The minimum atomic E-state index is -0.294. The third kappa shape index (κ3) is 4.51. The van der Waals surface area contributed by atoms with Gasteiger partial charge in [-0.25, -0.2) is 4.79 Å². The molecule has 0 aromatic heterocycles. The molecular weight excluding hydrogens is 258 g/mol. The Kier molecular flexibility index (Phi) is 4.70. The number of carbonyl (C=O) groups is 1. The van der Waals surface area contributed by atoms with E-state index in [0.29, 0.717) is 6.54 Å². The highest BCUT2D eigenvalue weighted by Crippen LogP contribution is 2.12. The smallest absolute Gasteiger partial charge is 0.333 e. The molecule has 15 heavy (non-hydrogen) atoms. The first-order valence-electron chi connectivity index (χ1n) is 4.38. The molecule has 3 N–H and O–H groups in total. The number of anilines is 1. The van der Waals surface area contributed by atoms with Crippen LogP contribution < -0.4 is 16.2 Å². The van der Waals surface area contributed by atoms with Gasteiger partial charge in [-0.3, -0.25) is 10.9 Å². The van der Waals surface area contributed by atoms with E-state index >= 15 is 0 Å². The first-order chi connectivity index (χ1) is 7.22. The lowest BCUT2D eigenvalue weighted by Crippen LogP contribution is -2.38. The van der Waals surface area contributed by atoms with Crippen LogP contribution in [0.5, 0.6) is 0 Å². The molecule has 0 aliphatic rings. The lowest BCUT2D eigenvalue weighted by atomic mass is 10.3. The van der Waals surface area contributed by atoms with Crippen LogP contribution in [-0.4, -0.2) is 12.6 Å². The predicted octanol–water partition coefficient (Wildman–Crippen LogP) is 2.26. The summed E-state index contributed by atoms with van der Waals surface area (Å²) in [6, 6.07) is 7.16. The van der Waals surface area contributed by atoms with Gasteiger partial charge in [0.25, 0.3) is 0 Å². The highest BCUT2D eigenvalue weighted by molar-refractivity contribution is 9.10. The number of urea groups is 1. The molecule has 0 saturated heterocycles. The molecule has 80 valence electrons. The molecule has 0 fully saturated rings. The summed E-state index contributed by atoms with van der Waals surface area (Å²) in [6.45, 7) is 3.93. The molecule has 0 atom stereocenters. The van der Waals surface area contributed by atoms with Crippen molar-refractivity contribution in [3.05, 3.63) is 41.4 Å². The zero-order valence-corrected chi connectivity index (χ0v) is 9.67. The van der Waals surface area contributed by atoms with E-state index in [9.17, 15) is 4.79 Å². The SMILES string of the molecule is C=CCNC(=O)NNc1ccc(Br)cc1. The molecule has 1 aromatic rings. The molecule has 0 unspecified atom stereocenters. The van der Waals surface area contributed by atoms with E-state index in [1.807, 2.05) is 24.3 Å². The second-order valence-electron chi connectivity index (χ2n) is 2.76. The molecule has 0 bridgehead atoms. The molecule has 5 heteroatoms. The molecule has 2 amide bonds. The molecule has 0 radical (unpaired) electrons. The van der Waals surface area contributed by atoms with Crippen LogP contribution in [0.3, 0.4) is 0 Å². The van der Waals surface area contributed by atoms with Crippen molar-refractivity contribution in [2.75, 3.05) is 12.0 Å². The average molecular weight is 270 g/mol. The lowest BCUT2D eigenvalue weighted by Gasteiger charge is -2.08. The largest absolute Gasteiger partial charge is 0.333 e. The van der Waals surface area contributed by atoms with Gasteiger partial charge >= 0.3 is 6.03 Å². The topological polar surface area (TPSA) is 53.2 Å². The van der Waals surface area contributed by atoms with Crippen LogP contribution in [0.2, 0.25) is 0 Å². The van der Waals surface area contributed by atoms with Crippen molar-refractivity contribution in [3.63, 3.8) is 0 Å². The number of carbonyl (C=O) groups excluding carboxylic acids is 1. The number of hydrogen-bond acceptors (Lipinski definition) is 2. The maximum atomic E-state index is 11.1. The molecule has 0 aliphatic heterocycles. The van der Waals surface area contributed by atoms with Gasteiger partial charge in [0.1, 0.15) is 0 Å². The minimum absolute atomic E-state index is 0.294. The fourth-order valence-corrected chi connectivity index (χ4v) is 1.14. The monoisotopic (exact) mass is 269 g/mol. The number of rotatable bonds is 4. The van der Waals surface area contributed by atoms with Crippen molar-refractivity contribution in [2.24, 2.45) is 0 Å². The minimum Gasteiger partial charge on any atom is -0.333 e. The van der Waals surface area contributed by atoms with Crippen LogP contribution >= 0.6 is 15.9 Å². The van der Waals surface area contributed by atoms with E-state index in [0.717, 1.165) is 10.2 Å². The first-order valence-corrected chi connectivity index (χ1v) is 5.18. The summed E-state index contributed by atoms with van der Waals surface area (Å²) in [4.78, 5) is 11.1. The number of benzene rings is 1. The molecular formula is C10H12BrN3O. The van der Waals surface area contributed by atoms with E-state index in [2.05, 4.69) is 38.7 Å². The number of halogens is 1. The van der Waals surface area contributed by atoms with Crippen LogP contribution in [0, 0.1) is 0 Å². The third-order valence-corrected chi connectivity index (χ3v) is 2.10. The predicted molar refractivity (Wildman–Crippen MR) is 64.5 cm³/mol. The van der Waals surface area contributed by atoms with Gasteiger partial charge in [-0.1, -0.05) is 22.0 Å². The summed E-state index contributed by atoms with van der Waals surface area (Å²) in [5.74, 6) is 0. The van der Waals surface area contributed by atoms with Crippen molar-refractivity contribution < 1.29 is 4.79 Å². The Labute approximate surface area is 96.9 Å². The number of hydrogen-bond donors (Lipinski definition) is 3. The number of hydrazine groups is 1. The van der Waals surface area contributed by atoms with Crippen molar-refractivity contribution in [2.45, 2.75) is 0 Å². The highest BCUT2D eigenvalue weighted by atomic mass is 79.9. The Bertz CT molecular complexity index is 337. The first kappa shape index (κ1) is 11.6. The second-order valence-corrected chi connectivity index (χ2v) is 3.67. The van der Waals surface area contributed by atoms with E-state index in [4.69, 9.17) is 0 Å². The average Bonchev–Trinajstić information content (AvgIpc) is 2.25. The van der Waals surface area contributed by atoms with E-state index in [1.54, 1.807) is 6.08 Å². The second kappa shape index (κ2) is 6.08. The van der Waals surface area contributed by atoms with Crippen LogP contribution in [0.15, 0.2) is 41.4 Å². The molecule has 1 rings (SSSR count). The molecule has 0 spiro atoms. The van der Waals surface area contributed by atoms with Crippen molar-refractivity contribution in [1.29, 1.82) is 0 Å². The molecule has 1 aromatic carbocycles. The Morgan fingerprint density at radius 2 is 2.07 bits per heavy atom. The Morgan fingerprint density at radius 3 is 2.67 bits per heavy atom. The maximum absolute atomic E-state index is 11.1. The zero-order chi connectivity index (χ0) is 11.1. The van der Waals surface area contributed by atoms with Gasteiger partial charge in [-0.2, -0.15) is 0 Å². The summed E-state index contributed by atoms with van der Waals surface area (Å²) in [5.41, 5.74) is 6.07. The van der Waals surface area contributed by atoms with Crippen molar-refractivity contribution >= 4 is 27.6 Å². The van der Waals surface area contributed by atoms with Gasteiger partial charge in [-0.05, 0) is 24.3 Å². The van der Waals surface area contributed by atoms with Gasteiger partial charge in [0, 0.05) is 11.0 Å². The maximum Gasteiger partial charge on any atom is 0.333 e. The standard InChI is InChI=1S/C10H12BrN3O/c1-2-7-12-10(15)14-13-9-5-3-8(11)4-6-9/h2-6,13H,1,7H2,(H2,12,14,15). The summed E-state index contributed by atoms with van der Waals surface area (Å²) in [7, 11) is 0. The van der Waals surface area contributed by atoms with Crippen LogP contribution in [0.1, 0.15) is 0 Å². The van der Waals surface area contributed by atoms with Gasteiger partial charge in [0.2, 0.25) is 0 Å². The Morgan fingerprint density at radius 1 is 1.40 bits per heavy atom. The zero-order valence-electron chi connectivity index (χ0n) is 8.09. The normalized spacial score (nSPS) is 9.13. The van der Waals surface area contributed by atoms with Gasteiger partial charge in [0.15, 0.2) is 0 Å². The van der Waals surface area contributed by atoms with Crippen LogP contribution in [0.25, 0.3) is 0 Å². The fraction of sp³-hybridized carbons (Fsp3) is 0.100. The Balaban J connectivity index is 2.33. The lowest BCUT2D eigenvalue weighted by molar-refractivity contribution is 0.244. The summed E-state index contributed by atoms with van der Waals surface area (Å²) < 4.78 is 0.990. The van der Waals surface area contributed by atoms with Crippen LogP contribution in [-0.2, 0) is 0 Å². The fourth-order valence-electron chi connectivity index (χ4n) is 0.871. The Hall–Kier alpha value is -1.49. The molecule has 0 saturated carbocycles. The van der Waals surface area contributed by atoms with Crippen molar-refractivity contribution in [1.82, 2.24) is 10.7 Å². The number of nitrogens with one attached hydrogen (secondary N) is 3. The van der Waals surface area contributed by atoms with E-state index in [1.165, 1.54) is 0 Å². The van der Waals surface area contributed by atoms with Gasteiger partial charge < -0.3 is 5.32 Å². The van der Waals surface area contributed by atoms with Gasteiger partial charge in [-0.15, -0.1) is 6.58 Å². The van der Waals surface area contributed by atoms with Gasteiger partial charge in [0.05, 0.1) is 5.69 Å². The quantitative estimate of drug-likeness (QED) is 0.580. The van der Waals surface area contributed by atoms with Crippen LogP contribution in [0.4, 0.5) is 10.5 Å². The van der Waals surface area contributed by atoms with E-state index < -0.39 is 0 Å². The third-order valence-electron chi connectivity index (χ3n) is 1.57. The van der Waals surface area contributed by atoms with Crippen molar-refractivity contribution in [3.8, 4) is 0 Å². The number of amides is 2. The summed E-state index contributed by atoms with van der Waals surface area (Å²) in [6.07, 6.45) is 1.61. The molecule has 0 heterocycles. The highest BCUT2D eigenvalue weighted by Gasteiger charge is 1.96. The summed E-state index contributed by atoms with van der Waals surface area (Å²) >= 11 is 3.32.